The van der Waals surface area contributed by atoms with Gasteiger partial charge in [0.1, 0.15) is 4.90 Å². The predicted octanol–water partition coefficient (Wildman–Crippen LogP) is 3.36. The van der Waals surface area contributed by atoms with Gasteiger partial charge >= 0.3 is 10.1 Å². The SMILES string of the molecule is Cc1ccc(S(=O)(=O)Oc2ccccc2/C=N/NC(=O)Cc2ccc([N+](=O)[O-])cc2)cc1. The molecular weight excluding hydrogens is 434 g/mol. The van der Waals surface area contributed by atoms with Gasteiger partial charge in [-0.15, -0.1) is 0 Å². The van der Waals surface area contributed by atoms with Gasteiger partial charge in [0.2, 0.25) is 5.91 Å². The number of nitro groups is 1. The van der Waals surface area contributed by atoms with Crippen molar-refractivity contribution >= 4 is 27.9 Å². The first-order valence-corrected chi connectivity index (χ1v) is 10.8. The molecule has 3 aromatic rings. The molecule has 3 rings (SSSR count). The maximum atomic E-state index is 12.5. The molecule has 0 spiro atoms. The smallest absolute Gasteiger partial charge is 0.339 e. The molecule has 9 nitrogen and oxygen atoms in total. The van der Waals surface area contributed by atoms with Crippen LogP contribution < -0.4 is 9.61 Å². The Morgan fingerprint density at radius 1 is 1.06 bits per heavy atom. The number of rotatable bonds is 8. The molecule has 164 valence electrons. The van der Waals surface area contributed by atoms with Crippen molar-refractivity contribution in [3.63, 3.8) is 0 Å². The number of hydrogen-bond donors (Lipinski definition) is 1. The van der Waals surface area contributed by atoms with Crippen LogP contribution in [0.25, 0.3) is 0 Å². The summed E-state index contributed by atoms with van der Waals surface area (Å²) in [4.78, 5) is 22.2. The Kier molecular flexibility index (Phi) is 6.96. The number of aryl methyl sites for hydroxylation is 1. The van der Waals surface area contributed by atoms with E-state index >= 15 is 0 Å². The summed E-state index contributed by atoms with van der Waals surface area (Å²) < 4.78 is 30.3. The first-order valence-electron chi connectivity index (χ1n) is 9.40. The van der Waals surface area contributed by atoms with Crippen molar-refractivity contribution in [1.82, 2.24) is 5.43 Å². The number of benzene rings is 3. The number of para-hydroxylation sites is 1. The molecule has 32 heavy (non-hydrogen) atoms. The summed E-state index contributed by atoms with van der Waals surface area (Å²) in [6.07, 6.45) is 1.24. The van der Waals surface area contributed by atoms with Gasteiger partial charge in [-0.2, -0.15) is 13.5 Å². The zero-order chi connectivity index (χ0) is 23.1. The normalized spacial score (nSPS) is 11.3. The minimum absolute atomic E-state index is 0.0197. The molecule has 0 saturated heterocycles. The minimum atomic E-state index is -4.04. The molecule has 0 saturated carbocycles. The van der Waals surface area contributed by atoms with Crippen LogP contribution in [-0.2, 0) is 21.3 Å². The topological polar surface area (TPSA) is 128 Å². The number of non-ortho nitro benzene ring substituents is 1. The van der Waals surface area contributed by atoms with Gasteiger partial charge < -0.3 is 4.18 Å². The number of nitro benzene ring substituents is 1. The van der Waals surface area contributed by atoms with Gasteiger partial charge in [-0.1, -0.05) is 42.0 Å². The molecular formula is C22H19N3O6S. The molecule has 3 aromatic carbocycles. The average Bonchev–Trinajstić information content (AvgIpc) is 2.75. The van der Waals surface area contributed by atoms with Crippen molar-refractivity contribution in [3.8, 4) is 5.75 Å². The molecule has 0 radical (unpaired) electrons. The molecule has 1 N–H and O–H groups in total. The van der Waals surface area contributed by atoms with E-state index < -0.39 is 20.9 Å². The molecule has 0 aliphatic carbocycles. The second-order valence-corrected chi connectivity index (χ2v) is 8.33. The van der Waals surface area contributed by atoms with E-state index in [1.807, 2.05) is 6.92 Å². The Bertz CT molecular complexity index is 1250. The molecule has 0 unspecified atom stereocenters. The molecule has 1 amide bonds. The molecule has 0 aromatic heterocycles. The van der Waals surface area contributed by atoms with Crippen molar-refractivity contribution in [2.45, 2.75) is 18.2 Å². The number of hydrogen-bond acceptors (Lipinski definition) is 7. The Labute approximate surface area is 184 Å². The lowest BCUT2D eigenvalue weighted by molar-refractivity contribution is -0.384. The number of carbonyl (C=O) groups is 1. The van der Waals surface area contributed by atoms with Gasteiger partial charge in [0, 0.05) is 17.7 Å². The second-order valence-electron chi connectivity index (χ2n) is 6.78. The summed E-state index contributed by atoms with van der Waals surface area (Å²) in [5.74, 6) is -0.387. The lowest BCUT2D eigenvalue weighted by atomic mass is 10.1. The van der Waals surface area contributed by atoms with Crippen molar-refractivity contribution in [1.29, 1.82) is 0 Å². The highest BCUT2D eigenvalue weighted by atomic mass is 32.2. The van der Waals surface area contributed by atoms with Crippen LogP contribution in [0.5, 0.6) is 5.75 Å². The van der Waals surface area contributed by atoms with Gasteiger partial charge in [-0.3, -0.25) is 14.9 Å². The van der Waals surface area contributed by atoms with Gasteiger partial charge in [0.25, 0.3) is 5.69 Å². The highest BCUT2D eigenvalue weighted by Gasteiger charge is 2.18. The van der Waals surface area contributed by atoms with E-state index in [0.29, 0.717) is 11.1 Å². The summed E-state index contributed by atoms with van der Waals surface area (Å²) in [6, 6.07) is 18.2. The summed E-state index contributed by atoms with van der Waals surface area (Å²) >= 11 is 0. The first kappa shape index (κ1) is 22.6. The van der Waals surface area contributed by atoms with E-state index in [9.17, 15) is 23.3 Å². The van der Waals surface area contributed by atoms with Gasteiger partial charge in [0.15, 0.2) is 5.75 Å². The Balaban J connectivity index is 1.66. The summed E-state index contributed by atoms with van der Waals surface area (Å²) in [5, 5.41) is 14.5. The summed E-state index contributed by atoms with van der Waals surface area (Å²) in [6.45, 7) is 1.85. The number of nitrogens with one attached hydrogen (secondary N) is 1. The number of nitrogens with zero attached hydrogens (tertiary/aromatic N) is 2. The molecule has 0 heterocycles. The molecule has 0 bridgehead atoms. The van der Waals surface area contributed by atoms with E-state index in [2.05, 4.69) is 10.5 Å². The molecule has 0 atom stereocenters. The third kappa shape index (κ3) is 5.99. The van der Waals surface area contributed by atoms with Crippen molar-refractivity contribution in [2.75, 3.05) is 0 Å². The molecule has 0 aliphatic rings. The van der Waals surface area contributed by atoms with Crippen LogP contribution >= 0.6 is 0 Å². The van der Waals surface area contributed by atoms with Crippen LogP contribution in [0.3, 0.4) is 0 Å². The Hall–Kier alpha value is -4.05. The van der Waals surface area contributed by atoms with E-state index in [1.165, 1.54) is 48.7 Å². The van der Waals surface area contributed by atoms with E-state index in [0.717, 1.165) is 5.56 Å². The fourth-order valence-corrected chi connectivity index (χ4v) is 3.62. The largest absolute Gasteiger partial charge is 0.378 e. The lowest BCUT2D eigenvalue weighted by Gasteiger charge is -2.09. The van der Waals surface area contributed by atoms with Crippen LogP contribution in [0.4, 0.5) is 5.69 Å². The van der Waals surface area contributed by atoms with Crippen LogP contribution in [0, 0.1) is 17.0 Å². The predicted molar refractivity (Wildman–Crippen MR) is 118 cm³/mol. The minimum Gasteiger partial charge on any atom is -0.378 e. The van der Waals surface area contributed by atoms with Crippen molar-refractivity contribution < 1.29 is 22.3 Å². The molecule has 0 aliphatic heterocycles. The lowest BCUT2D eigenvalue weighted by Crippen LogP contribution is -2.19. The maximum Gasteiger partial charge on any atom is 0.339 e. The summed E-state index contributed by atoms with van der Waals surface area (Å²) in [5.41, 5.74) is 4.11. The van der Waals surface area contributed by atoms with Crippen molar-refractivity contribution in [3.05, 3.63) is 99.6 Å². The van der Waals surface area contributed by atoms with Crippen LogP contribution in [-0.4, -0.2) is 25.5 Å². The zero-order valence-corrected chi connectivity index (χ0v) is 17.8. The van der Waals surface area contributed by atoms with E-state index in [4.69, 9.17) is 4.18 Å². The van der Waals surface area contributed by atoms with Crippen LogP contribution in [0.2, 0.25) is 0 Å². The van der Waals surface area contributed by atoms with Crippen LogP contribution in [0.15, 0.2) is 82.8 Å². The van der Waals surface area contributed by atoms with E-state index in [1.54, 1.807) is 30.3 Å². The third-order valence-electron chi connectivity index (χ3n) is 4.33. The van der Waals surface area contributed by atoms with E-state index in [-0.39, 0.29) is 22.8 Å². The number of amides is 1. The molecule has 0 fully saturated rings. The fourth-order valence-electron chi connectivity index (χ4n) is 2.67. The summed E-state index contributed by atoms with van der Waals surface area (Å²) in [7, 11) is -4.04. The van der Waals surface area contributed by atoms with Gasteiger partial charge in [-0.05, 0) is 36.8 Å². The standard InChI is InChI=1S/C22H19N3O6S/c1-16-6-12-20(13-7-16)32(29,30)31-21-5-3-2-4-18(21)15-23-24-22(26)14-17-8-10-19(11-9-17)25(27)28/h2-13,15H,14H2,1H3,(H,24,26)/b23-15+. The maximum absolute atomic E-state index is 12.5. The zero-order valence-electron chi connectivity index (χ0n) is 17.0. The second kappa shape index (κ2) is 9.84. The monoisotopic (exact) mass is 453 g/mol. The highest BCUT2D eigenvalue weighted by Crippen LogP contribution is 2.22. The average molecular weight is 453 g/mol. The first-order chi connectivity index (χ1) is 15.2. The Morgan fingerprint density at radius 3 is 2.38 bits per heavy atom. The third-order valence-corrected chi connectivity index (χ3v) is 5.58. The van der Waals surface area contributed by atoms with Gasteiger partial charge in [-0.25, -0.2) is 5.43 Å². The highest BCUT2D eigenvalue weighted by molar-refractivity contribution is 7.87. The van der Waals surface area contributed by atoms with Gasteiger partial charge in [0.05, 0.1) is 17.6 Å². The van der Waals surface area contributed by atoms with Crippen LogP contribution in [0.1, 0.15) is 16.7 Å². The molecule has 10 heteroatoms. The fraction of sp³-hybridized carbons (Fsp3) is 0.0909. The Morgan fingerprint density at radius 2 is 1.72 bits per heavy atom. The van der Waals surface area contributed by atoms with Crippen molar-refractivity contribution in [2.24, 2.45) is 5.10 Å². The quantitative estimate of drug-likeness (QED) is 0.241. The number of carbonyl (C=O) groups excluding carboxylic acids is 1. The number of hydrazone groups is 1.